The predicted octanol–water partition coefficient (Wildman–Crippen LogP) is 3.12. The monoisotopic (exact) mass is 276 g/mol. The summed E-state index contributed by atoms with van der Waals surface area (Å²) in [5.74, 6) is 0. The Morgan fingerprint density at radius 1 is 1.20 bits per heavy atom. The Bertz CT molecular complexity index is 525. The molecule has 0 spiro atoms. The van der Waals surface area contributed by atoms with Gasteiger partial charge in [-0.05, 0) is 58.1 Å². The topological polar surface area (TPSA) is 34.5 Å². The molecule has 1 aliphatic heterocycles. The van der Waals surface area contributed by atoms with Crippen LogP contribution in [0.15, 0.2) is 6.07 Å². The third kappa shape index (κ3) is 2.56. The van der Waals surface area contributed by atoms with Crippen LogP contribution in [0.5, 0.6) is 0 Å². The van der Waals surface area contributed by atoms with Crippen LogP contribution < -0.4 is 0 Å². The minimum atomic E-state index is -0.421. The number of aryl methyl sites for hydroxylation is 1. The van der Waals surface area contributed by atoms with E-state index >= 15 is 0 Å². The third-order valence-corrected chi connectivity index (χ3v) is 4.09. The maximum absolute atomic E-state index is 12.2. The van der Waals surface area contributed by atoms with Crippen LogP contribution in [-0.4, -0.2) is 27.7 Å². The van der Waals surface area contributed by atoms with Crippen molar-refractivity contribution in [3.05, 3.63) is 23.0 Å². The first kappa shape index (κ1) is 13.5. The summed E-state index contributed by atoms with van der Waals surface area (Å²) in [4.78, 5) is 14.0. The highest BCUT2D eigenvalue weighted by Gasteiger charge is 2.28. The molecule has 3 rings (SSSR count). The van der Waals surface area contributed by atoms with Crippen LogP contribution in [0.1, 0.15) is 50.6 Å². The first-order valence-electron chi connectivity index (χ1n) is 7.62. The second-order valence-corrected chi connectivity index (χ2v) is 6.87. The zero-order valence-electron chi connectivity index (χ0n) is 12.7. The highest BCUT2D eigenvalue weighted by Crippen LogP contribution is 2.28. The largest absolute Gasteiger partial charge is 0.444 e. The van der Waals surface area contributed by atoms with Gasteiger partial charge >= 0.3 is 6.09 Å². The van der Waals surface area contributed by atoms with E-state index in [1.54, 1.807) is 0 Å². The minimum Gasteiger partial charge on any atom is -0.444 e. The van der Waals surface area contributed by atoms with Crippen molar-refractivity contribution in [2.45, 2.75) is 65.1 Å². The lowest BCUT2D eigenvalue weighted by molar-refractivity contribution is 0.0198. The molecule has 1 aromatic heterocycles. The van der Waals surface area contributed by atoms with Gasteiger partial charge in [-0.15, -0.1) is 0 Å². The third-order valence-electron chi connectivity index (χ3n) is 4.09. The number of aromatic nitrogens is 1. The molecule has 0 fully saturated rings. The molecular weight excluding hydrogens is 252 g/mol. The van der Waals surface area contributed by atoms with Gasteiger partial charge in [0.2, 0.25) is 0 Å². The molecule has 1 aromatic rings. The lowest BCUT2D eigenvalue weighted by Crippen LogP contribution is -2.41. The van der Waals surface area contributed by atoms with Gasteiger partial charge in [-0.25, -0.2) is 4.79 Å². The number of nitrogens with zero attached hydrogens (tertiary/aromatic N) is 2. The van der Waals surface area contributed by atoms with E-state index in [2.05, 4.69) is 10.6 Å². The smallest absolute Gasteiger partial charge is 0.410 e. The van der Waals surface area contributed by atoms with E-state index < -0.39 is 5.60 Å². The van der Waals surface area contributed by atoms with Crippen molar-refractivity contribution < 1.29 is 9.53 Å². The summed E-state index contributed by atoms with van der Waals surface area (Å²) in [7, 11) is 0. The summed E-state index contributed by atoms with van der Waals surface area (Å²) in [5.41, 5.74) is 3.86. The van der Waals surface area contributed by atoms with E-state index in [-0.39, 0.29) is 6.09 Å². The number of rotatable bonds is 0. The standard InChI is InChI=1S/C16H24N2O2/c1-16(2,3)20-15(19)17-8-9-18-13(11-17)10-12-6-4-5-7-14(12)18/h10H,4-9,11H2,1-3H3. The van der Waals surface area contributed by atoms with Gasteiger partial charge in [0.1, 0.15) is 5.60 Å². The predicted molar refractivity (Wildman–Crippen MR) is 77.7 cm³/mol. The maximum Gasteiger partial charge on any atom is 0.410 e. The molecule has 0 unspecified atom stereocenters. The molecule has 4 heteroatoms. The van der Waals surface area contributed by atoms with E-state index in [1.165, 1.54) is 42.6 Å². The van der Waals surface area contributed by atoms with Crippen LogP contribution in [0.25, 0.3) is 0 Å². The van der Waals surface area contributed by atoms with Gasteiger partial charge in [-0.1, -0.05) is 0 Å². The van der Waals surface area contributed by atoms with Crippen molar-refractivity contribution >= 4 is 6.09 Å². The number of ether oxygens (including phenoxy) is 1. The summed E-state index contributed by atoms with van der Waals surface area (Å²) in [5, 5.41) is 0. The molecule has 20 heavy (non-hydrogen) atoms. The molecule has 0 saturated carbocycles. The summed E-state index contributed by atoms with van der Waals surface area (Å²) < 4.78 is 7.90. The molecule has 0 atom stereocenters. The van der Waals surface area contributed by atoms with Crippen LogP contribution in [0.3, 0.4) is 0 Å². The van der Waals surface area contributed by atoms with E-state index in [9.17, 15) is 4.79 Å². The van der Waals surface area contributed by atoms with Gasteiger partial charge in [0, 0.05) is 24.5 Å². The fourth-order valence-electron chi connectivity index (χ4n) is 3.22. The number of hydrogen-bond donors (Lipinski definition) is 0. The molecule has 0 radical (unpaired) electrons. The number of fused-ring (bicyclic) bond motifs is 3. The molecule has 2 heterocycles. The molecule has 0 saturated heterocycles. The normalized spacial score (nSPS) is 18.4. The van der Waals surface area contributed by atoms with Gasteiger partial charge in [-0.3, -0.25) is 0 Å². The van der Waals surface area contributed by atoms with E-state index in [0.717, 1.165) is 13.1 Å². The molecule has 1 aliphatic carbocycles. The van der Waals surface area contributed by atoms with E-state index in [1.807, 2.05) is 25.7 Å². The summed E-state index contributed by atoms with van der Waals surface area (Å²) in [6.45, 7) is 8.08. The van der Waals surface area contributed by atoms with Crippen molar-refractivity contribution in [3.8, 4) is 0 Å². The fraction of sp³-hybridized carbons (Fsp3) is 0.688. The number of amides is 1. The average molecular weight is 276 g/mol. The first-order valence-corrected chi connectivity index (χ1v) is 7.62. The lowest BCUT2D eigenvalue weighted by Gasteiger charge is -2.31. The van der Waals surface area contributed by atoms with Crippen molar-refractivity contribution in [2.24, 2.45) is 0 Å². The van der Waals surface area contributed by atoms with Crippen LogP contribution in [0.4, 0.5) is 4.79 Å². The van der Waals surface area contributed by atoms with Crippen LogP contribution in [-0.2, 0) is 30.7 Å². The molecule has 0 N–H and O–H groups in total. The Balaban J connectivity index is 1.76. The Hall–Kier alpha value is -1.45. The summed E-state index contributed by atoms with van der Waals surface area (Å²) in [6, 6.07) is 2.30. The van der Waals surface area contributed by atoms with Gasteiger partial charge in [0.05, 0.1) is 6.54 Å². The van der Waals surface area contributed by atoms with Crippen molar-refractivity contribution in [1.29, 1.82) is 0 Å². The molecular formula is C16H24N2O2. The number of carbonyl (C=O) groups excluding carboxylic acids is 1. The van der Waals surface area contributed by atoms with Gasteiger partial charge in [0.25, 0.3) is 0 Å². The van der Waals surface area contributed by atoms with E-state index in [4.69, 9.17) is 4.74 Å². The quantitative estimate of drug-likeness (QED) is 0.729. The molecule has 0 bridgehead atoms. The average Bonchev–Trinajstić information content (AvgIpc) is 2.74. The summed E-state index contributed by atoms with van der Waals surface area (Å²) >= 11 is 0. The first-order chi connectivity index (χ1) is 9.44. The molecule has 1 amide bonds. The lowest BCUT2D eigenvalue weighted by atomic mass is 9.98. The number of hydrogen-bond acceptors (Lipinski definition) is 2. The second-order valence-electron chi connectivity index (χ2n) is 6.87. The highest BCUT2D eigenvalue weighted by atomic mass is 16.6. The number of carbonyl (C=O) groups is 1. The van der Waals surface area contributed by atoms with Crippen molar-refractivity contribution in [2.75, 3.05) is 6.54 Å². The van der Waals surface area contributed by atoms with Gasteiger partial charge < -0.3 is 14.2 Å². The van der Waals surface area contributed by atoms with Crippen LogP contribution in [0.2, 0.25) is 0 Å². The zero-order chi connectivity index (χ0) is 14.3. The highest BCUT2D eigenvalue weighted by molar-refractivity contribution is 5.68. The van der Waals surface area contributed by atoms with E-state index in [0.29, 0.717) is 6.54 Å². The second kappa shape index (κ2) is 4.83. The Labute approximate surface area is 120 Å². The molecule has 110 valence electrons. The van der Waals surface area contributed by atoms with Crippen LogP contribution in [0, 0.1) is 0 Å². The van der Waals surface area contributed by atoms with Crippen LogP contribution >= 0.6 is 0 Å². The SMILES string of the molecule is CC(C)(C)OC(=O)N1CCn2c(cc3c2CCCC3)C1. The van der Waals surface area contributed by atoms with Gasteiger partial charge in [0.15, 0.2) is 0 Å². The molecule has 2 aliphatic rings. The molecule has 0 aromatic carbocycles. The van der Waals surface area contributed by atoms with Crippen molar-refractivity contribution in [1.82, 2.24) is 9.47 Å². The Kier molecular flexibility index (Phi) is 3.27. The summed E-state index contributed by atoms with van der Waals surface area (Å²) in [6.07, 6.45) is 4.80. The fourth-order valence-corrected chi connectivity index (χ4v) is 3.22. The zero-order valence-corrected chi connectivity index (χ0v) is 12.7. The molecule has 4 nitrogen and oxygen atoms in total. The van der Waals surface area contributed by atoms with Gasteiger partial charge in [-0.2, -0.15) is 0 Å². The Morgan fingerprint density at radius 3 is 2.70 bits per heavy atom. The van der Waals surface area contributed by atoms with Crippen molar-refractivity contribution in [3.63, 3.8) is 0 Å². The Morgan fingerprint density at radius 2 is 1.95 bits per heavy atom. The maximum atomic E-state index is 12.2. The minimum absolute atomic E-state index is 0.192.